The molecule has 3 nitrogen and oxygen atoms in total. The van der Waals surface area contributed by atoms with E-state index in [0.717, 1.165) is 33.4 Å². The zero-order valence-electron chi connectivity index (χ0n) is 32.0. The summed E-state index contributed by atoms with van der Waals surface area (Å²) in [6.07, 6.45) is 0. The molecule has 0 spiro atoms. The van der Waals surface area contributed by atoms with E-state index in [1.54, 1.807) is 0 Å². The van der Waals surface area contributed by atoms with Crippen molar-refractivity contribution in [3.05, 3.63) is 217 Å². The second-order valence-electron chi connectivity index (χ2n) is 14.7. The molecule has 1 atom stereocenters. The number of aliphatic imine (C=N–C) groups is 2. The number of rotatable bonds is 7. The lowest BCUT2D eigenvalue weighted by Gasteiger charge is -2.11. The SMILES string of the molecule is CC(N=C(N=C(N)c1cccc(-c2cccc(-c3cccc(-c4cccc5c4sc4c6ccccc6c6ccccc6c54)c3)c2)c1)c1ccccc1)c1ccccc1. The second kappa shape index (κ2) is 15.1. The predicted octanol–water partition coefficient (Wildman–Crippen LogP) is 14.3. The molecule has 1 unspecified atom stereocenters. The van der Waals surface area contributed by atoms with Gasteiger partial charge in [-0.25, -0.2) is 4.99 Å². The Morgan fingerprint density at radius 3 is 1.66 bits per heavy atom. The molecule has 4 heteroatoms. The minimum atomic E-state index is -0.0842. The predicted molar refractivity (Wildman–Crippen MR) is 249 cm³/mol. The first kappa shape index (κ1) is 35.3. The number of amidine groups is 2. The van der Waals surface area contributed by atoms with Gasteiger partial charge in [-0.05, 0) is 80.2 Å². The molecule has 9 aromatic carbocycles. The van der Waals surface area contributed by atoms with Crippen molar-refractivity contribution in [1.29, 1.82) is 0 Å². The normalized spacial score (nSPS) is 12.8. The first-order chi connectivity index (χ1) is 28.6. The number of hydrogen-bond donors (Lipinski definition) is 1. The fourth-order valence-corrected chi connectivity index (χ4v) is 9.57. The summed E-state index contributed by atoms with van der Waals surface area (Å²) in [6.45, 7) is 2.08. The van der Waals surface area contributed by atoms with E-state index < -0.39 is 0 Å². The Labute approximate surface area is 342 Å². The first-order valence-electron chi connectivity index (χ1n) is 19.7. The fraction of sp³-hybridized carbons (Fsp3) is 0.0370. The van der Waals surface area contributed by atoms with Crippen LogP contribution < -0.4 is 5.73 Å². The fourth-order valence-electron chi connectivity index (χ4n) is 8.18. The summed E-state index contributed by atoms with van der Waals surface area (Å²) >= 11 is 1.91. The lowest BCUT2D eigenvalue weighted by Crippen LogP contribution is -2.16. The molecule has 0 saturated carbocycles. The highest BCUT2D eigenvalue weighted by atomic mass is 32.1. The lowest BCUT2D eigenvalue weighted by atomic mass is 9.94. The Kier molecular flexibility index (Phi) is 9.17. The molecule has 0 aliphatic heterocycles. The van der Waals surface area contributed by atoms with Gasteiger partial charge < -0.3 is 5.73 Å². The zero-order valence-corrected chi connectivity index (χ0v) is 32.8. The smallest absolute Gasteiger partial charge is 0.157 e. The second-order valence-corrected chi connectivity index (χ2v) is 15.7. The van der Waals surface area contributed by atoms with Crippen molar-refractivity contribution in [2.75, 3.05) is 0 Å². The quantitative estimate of drug-likeness (QED) is 0.0981. The van der Waals surface area contributed by atoms with Crippen LogP contribution in [-0.2, 0) is 0 Å². The summed E-state index contributed by atoms with van der Waals surface area (Å²) in [5, 5.41) is 7.89. The molecular formula is C54H39N3S. The molecule has 58 heavy (non-hydrogen) atoms. The van der Waals surface area contributed by atoms with Crippen LogP contribution in [0.3, 0.4) is 0 Å². The molecule has 0 radical (unpaired) electrons. The molecule has 10 rings (SSSR count). The average Bonchev–Trinajstić information content (AvgIpc) is 3.70. The summed E-state index contributed by atoms with van der Waals surface area (Å²) in [5.74, 6) is 1.03. The summed E-state index contributed by atoms with van der Waals surface area (Å²) in [5.41, 5.74) is 16.6. The van der Waals surface area contributed by atoms with Crippen molar-refractivity contribution in [3.8, 4) is 33.4 Å². The molecule has 10 aromatic rings. The van der Waals surface area contributed by atoms with E-state index in [4.69, 9.17) is 15.7 Å². The van der Waals surface area contributed by atoms with Gasteiger partial charge in [-0.1, -0.05) is 182 Å². The highest BCUT2D eigenvalue weighted by Crippen LogP contribution is 2.47. The standard InChI is InChI=1S/C54H39N3S/c1-35(36-16-4-2-5-17-36)56-54(37-18-6-3-7-19-37)57-53(55)43-25-14-23-41(34-43)39-21-12-20-38(32-39)40-22-13-24-42(33-40)44-30-15-31-49-50-47-28-10-8-26-45(47)46-27-9-11-29-48(46)52(50)58-51(44)49/h2-35H,1H3,(H2,55,56,57). The zero-order chi connectivity index (χ0) is 39.0. The van der Waals surface area contributed by atoms with Crippen LogP contribution in [0.2, 0.25) is 0 Å². The van der Waals surface area contributed by atoms with Crippen LogP contribution >= 0.6 is 11.3 Å². The van der Waals surface area contributed by atoms with Gasteiger partial charge in [0.1, 0.15) is 5.84 Å². The van der Waals surface area contributed by atoms with E-state index in [0.29, 0.717) is 11.7 Å². The maximum atomic E-state index is 6.78. The number of nitrogens with zero attached hydrogens (tertiary/aromatic N) is 2. The molecule has 0 saturated heterocycles. The van der Waals surface area contributed by atoms with E-state index >= 15 is 0 Å². The van der Waals surface area contributed by atoms with Gasteiger partial charge in [0.25, 0.3) is 0 Å². The molecule has 1 heterocycles. The molecule has 0 fully saturated rings. The Morgan fingerprint density at radius 2 is 0.948 bits per heavy atom. The van der Waals surface area contributed by atoms with E-state index in [2.05, 4.69) is 146 Å². The number of nitrogens with two attached hydrogens (primary N) is 1. The third kappa shape index (κ3) is 6.54. The van der Waals surface area contributed by atoms with Gasteiger partial charge in [0.15, 0.2) is 5.84 Å². The van der Waals surface area contributed by atoms with Gasteiger partial charge in [-0.15, -0.1) is 11.3 Å². The van der Waals surface area contributed by atoms with Crippen molar-refractivity contribution >= 4 is 64.7 Å². The van der Waals surface area contributed by atoms with Gasteiger partial charge >= 0.3 is 0 Å². The maximum Gasteiger partial charge on any atom is 0.157 e. The summed E-state index contributed by atoms with van der Waals surface area (Å²) in [6, 6.07) is 70.7. The van der Waals surface area contributed by atoms with Gasteiger partial charge in [-0.2, -0.15) is 0 Å². The van der Waals surface area contributed by atoms with Crippen molar-refractivity contribution in [3.63, 3.8) is 0 Å². The highest BCUT2D eigenvalue weighted by Gasteiger charge is 2.17. The summed E-state index contributed by atoms with van der Waals surface area (Å²) < 4.78 is 2.66. The third-order valence-corrected chi connectivity index (χ3v) is 12.4. The number of benzene rings is 9. The van der Waals surface area contributed by atoms with Gasteiger partial charge in [0.2, 0.25) is 0 Å². The van der Waals surface area contributed by atoms with Crippen molar-refractivity contribution < 1.29 is 0 Å². The minimum absolute atomic E-state index is 0.0842. The third-order valence-electron chi connectivity index (χ3n) is 11.1. The van der Waals surface area contributed by atoms with Crippen molar-refractivity contribution in [2.24, 2.45) is 15.7 Å². The van der Waals surface area contributed by atoms with E-state index in [9.17, 15) is 0 Å². The van der Waals surface area contributed by atoms with Crippen molar-refractivity contribution in [2.45, 2.75) is 13.0 Å². The Bertz CT molecular complexity index is 3200. The van der Waals surface area contributed by atoms with Crippen LogP contribution in [0.25, 0.3) is 75.1 Å². The summed E-state index contributed by atoms with van der Waals surface area (Å²) in [7, 11) is 0. The van der Waals surface area contributed by atoms with Crippen LogP contribution in [0.1, 0.15) is 29.7 Å². The largest absolute Gasteiger partial charge is 0.383 e. The molecule has 276 valence electrons. The van der Waals surface area contributed by atoms with E-state index in [-0.39, 0.29) is 6.04 Å². The first-order valence-corrected chi connectivity index (χ1v) is 20.5. The molecule has 1 aromatic heterocycles. The molecule has 2 N–H and O–H groups in total. The molecule has 0 bridgehead atoms. The number of thiophene rings is 1. The van der Waals surface area contributed by atoms with Crippen LogP contribution in [-0.4, -0.2) is 11.7 Å². The molecular weight excluding hydrogens is 723 g/mol. The van der Waals surface area contributed by atoms with E-state index in [1.807, 2.05) is 72.0 Å². The van der Waals surface area contributed by atoms with E-state index in [1.165, 1.54) is 58.4 Å². The number of hydrogen-bond acceptors (Lipinski definition) is 2. The Hall–Kier alpha value is -7.14. The number of fused-ring (bicyclic) bond motifs is 8. The molecule has 0 aliphatic rings. The minimum Gasteiger partial charge on any atom is -0.383 e. The summed E-state index contributed by atoms with van der Waals surface area (Å²) in [4.78, 5) is 9.97. The van der Waals surface area contributed by atoms with Gasteiger partial charge in [0.05, 0.1) is 6.04 Å². The maximum absolute atomic E-state index is 6.78. The van der Waals surface area contributed by atoms with Crippen LogP contribution in [0.5, 0.6) is 0 Å². The highest BCUT2D eigenvalue weighted by molar-refractivity contribution is 7.27. The van der Waals surface area contributed by atoms with Gasteiger partial charge in [-0.3, -0.25) is 4.99 Å². The Morgan fingerprint density at radius 1 is 0.448 bits per heavy atom. The van der Waals surface area contributed by atoms with Crippen LogP contribution in [0.15, 0.2) is 210 Å². The Balaban J connectivity index is 1.00. The van der Waals surface area contributed by atoms with Crippen LogP contribution in [0.4, 0.5) is 0 Å². The lowest BCUT2D eigenvalue weighted by molar-refractivity contribution is 0.818. The average molecular weight is 762 g/mol. The topological polar surface area (TPSA) is 50.7 Å². The van der Waals surface area contributed by atoms with Crippen molar-refractivity contribution in [1.82, 2.24) is 0 Å². The van der Waals surface area contributed by atoms with Gasteiger partial charge in [0, 0.05) is 36.7 Å². The molecule has 0 aliphatic carbocycles. The monoisotopic (exact) mass is 761 g/mol. The molecule has 0 amide bonds. The van der Waals surface area contributed by atoms with Crippen LogP contribution in [0, 0.1) is 0 Å².